The zero-order valence-electron chi connectivity index (χ0n) is 75.3. The van der Waals surface area contributed by atoms with Gasteiger partial charge in [-0.1, -0.05) is 164 Å². The number of phenolic OH excluding ortho intramolecular Hbond substituents is 3. The van der Waals surface area contributed by atoms with Crippen LogP contribution in [0.3, 0.4) is 0 Å². The van der Waals surface area contributed by atoms with Gasteiger partial charge in [-0.25, -0.2) is 4.79 Å². The number of aliphatic carboxylic acids is 1. The van der Waals surface area contributed by atoms with Crippen molar-refractivity contribution in [1.82, 2.24) is 42.1 Å². The number of carbonyl (C=O) groups excluding carboxylic acids is 7. The summed E-state index contributed by atoms with van der Waals surface area (Å²) < 4.78 is 53.3. The normalized spacial score (nSPS) is 28.2. The average Bonchev–Trinajstić information content (AvgIpc) is 0.766. The van der Waals surface area contributed by atoms with Crippen molar-refractivity contribution in [3.8, 4) is 79.4 Å². The van der Waals surface area contributed by atoms with E-state index in [9.17, 15) is 60.7 Å². The molecule has 0 unspecified atom stereocenters. The zero-order valence-corrected chi connectivity index (χ0v) is 76.8. The molecule has 21 N–H and O–H groups in total. The molecular weight excluding hydrogens is 1820 g/mol. The predicted octanol–water partition coefficient (Wildman–Crippen LogP) is 7.42. The number of benzene rings is 9. The topological polar surface area (TPSA) is 552 Å². The quantitative estimate of drug-likeness (QED) is 0.0314. The third-order valence-corrected chi connectivity index (χ3v) is 26.1. The Hall–Kier alpha value is -12.4. The summed E-state index contributed by atoms with van der Waals surface area (Å²) in [7, 11) is 1.69. The number of aliphatic hydroxyl groups excluding tert-OH is 6. The van der Waals surface area contributed by atoms with Crippen LogP contribution in [0.5, 0.6) is 46.0 Å². The highest BCUT2D eigenvalue weighted by atomic mass is 35.5. The van der Waals surface area contributed by atoms with E-state index in [-0.39, 0.29) is 65.7 Å². The molecule has 3 saturated heterocycles. The Kier molecular flexibility index (Phi) is 30.0. The second-order valence-corrected chi connectivity index (χ2v) is 37.0. The van der Waals surface area contributed by atoms with Crippen LogP contribution in [0, 0.1) is 5.92 Å². The number of amides is 7. The maximum Gasteiger partial charge on any atom is 0.330 e. The van der Waals surface area contributed by atoms with Crippen molar-refractivity contribution < 1.29 is 127 Å². The molecule has 0 aliphatic carbocycles. The summed E-state index contributed by atoms with van der Waals surface area (Å²) in [6.45, 7) is 9.39. The number of aromatic hydroxyl groups is 3. The standard InChI is InChI=1S/C99H108Cl2N10O26/c1-46(2)32-65(111(7)44-50-20-24-54(25-21-50)52-16-12-9-13-17-52)91(123)109-80-82(117)56-27-30-68(62(100)34-56)132-70-36-58-37-71(86(70)137-97-87(84(119)83(118)72(45-112)134-97)136-75-42-99(6,89(121)48(4)131-75)104-43-49-18-22-53(23-19-49)51-14-10-8-11-15-51)133-69-31-28-57(35-63(69)101)85(135-74-41-98(5,103)88(120)47(3)130-74)81-95(127)108-79(96(128)129)61-38-59(113)39-67(115)76(61)60-33-55(26-29-66(60)114)77(92(124)110-81)107-93(125)78(58)106-90(122)64(40-73(102)116)105-94(80)126/h8-31,33-39,46-48,64-65,72,74-75,77-85,87-89,97,104,112-115,117-121H,32,40-45,103H2,1-7H3,(H2,102,116)(H,105,126)(H,106,122)(H,107,125)(H,108,127)(H,109,123)(H,110,124)(H,128,129)/t47-,48-,64-,65+,72+,74-,75-,77+,78+,79-,80+,81-,82+,83+,84-,85+,87+,88-,89-,97-,98-,99-/m0/s1. The van der Waals surface area contributed by atoms with Gasteiger partial charge in [0, 0.05) is 59.8 Å². The fourth-order valence-corrected chi connectivity index (χ4v) is 18.5. The molecule has 0 spiro atoms. The maximum absolute atomic E-state index is 16.8. The van der Waals surface area contributed by atoms with E-state index in [0.717, 1.165) is 75.8 Å². The molecule has 9 aromatic carbocycles. The van der Waals surface area contributed by atoms with Gasteiger partial charge in [-0.15, -0.1) is 0 Å². The number of aliphatic hydroxyl groups is 6. The number of carbonyl (C=O) groups is 8. The molecule has 38 heteroatoms. The minimum atomic E-state index is -2.42. The molecule has 7 amide bonds. The first kappa shape index (κ1) is 99.1. The molecular formula is C99H108Cl2N10O26. The molecule has 0 radical (unpaired) electrons. The van der Waals surface area contributed by atoms with E-state index >= 15 is 28.8 Å². The minimum Gasteiger partial charge on any atom is -0.508 e. The lowest BCUT2D eigenvalue weighted by Gasteiger charge is -2.48. The number of phenols is 3. The van der Waals surface area contributed by atoms with Crippen LogP contribution in [0.4, 0.5) is 0 Å². The van der Waals surface area contributed by atoms with Crippen molar-refractivity contribution in [2.75, 3.05) is 13.7 Å². The van der Waals surface area contributed by atoms with E-state index in [2.05, 4.69) is 37.2 Å². The molecule has 22 atom stereocenters. The van der Waals surface area contributed by atoms with Gasteiger partial charge < -0.3 is 138 Å². The number of hydrogen-bond acceptors (Lipinski definition) is 28. The largest absolute Gasteiger partial charge is 0.508 e. The Morgan fingerprint density at radius 2 is 1.15 bits per heavy atom. The number of halogens is 2. The first-order chi connectivity index (χ1) is 65.2. The number of fused-ring (bicyclic) bond motifs is 15. The van der Waals surface area contributed by atoms with Gasteiger partial charge in [0.1, 0.15) is 89.5 Å². The highest BCUT2D eigenvalue weighted by Gasteiger charge is 2.53. The van der Waals surface area contributed by atoms with Gasteiger partial charge in [-0.05, 0) is 157 Å². The summed E-state index contributed by atoms with van der Waals surface area (Å²) in [6.07, 6.45) is -23.1. The smallest absolute Gasteiger partial charge is 0.330 e. The SMILES string of the molecule is CC(C)C[C@H](C(=O)N[C@H]1C(=O)N[C@@H](CC(N)=O)C(=O)N[C@H]2C(=O)N[C@H]3C(=O)N[C@H](C(=O)N[C@H](C(=O)O)c4cc(O)cc(O)c4-c4cc3ccc4O)[C@H](O[C@H]3C[C@](C)(N)[C@@H](O)[C@H](C)O3)c3ccc(c(Cl)c3)Oc3cc2cc(c3O[C@@H]2O[C@H](CO)[C@@H](O)[C@H](O)[C@H]2O[C@H]2C[C@](C)(NCc3ccc(-c4ccccc4)cc3)[C@@H](O)[C@H](C)O2)Oc2ccc(cc2Cl)[C@H]1O)N(C)Cc1ccc(-c2ccccc2)cc1. The molecule has 8 aliphatic rings. The van der Waals surface area contributed by atoms with Gasteiger partial charge in [0.2, 0.25) is 53.4 Å². The lowest BCUT2D eigenvalue weighted by molar-refractivity contribution is -0.334. The molecule has 137 heavy (non-hydrogen) atoms. The van der Waals surface area contributed by atoms with Crippen LogP contribution in [0.15, 0.2) is 188 Å². The van der Waals surface area contributed by atoms with Crippen LogP contribution < -0.4 is 62.9 Å². The number of primary amides is 1. The number of nitrogens with two attached hydrogens (primary N) is 2. The fraction of sp³-hybridized carbons (Fsp3) is 0.374. The fourth-order valence-electron chi connectivity index (χ4n) is 18.1. The Morgan fingerprint density at radius 1 is 0.591 bits per heavy atom. The summed E-state index contributed by atoms with van der Waals surface area (Å²) in [6, 6.07) is 34.4. The number of hydrogen-bond donors (Lipinski definition) is 19. The van der Waals surface area contributed by atoms with E-state index < -0.39 is 261 Å². The third kappa shape index (κ3) is 21.9. The molecule has 0 aromatic heterocycles. The summed E-state index contributed by atoms with van der Waals surface area (Å²) in [5.41, 5.74) is 12.6. The number of nitrogens with zero attached hydrogens (tertiary/aromatic N) is 1. The van der Waals surface area contributed by atoms with Crippen molar-refractivity contribution >= 4 is 70.5 Å². The number of carboxylic acids is 1. The molecule has 724 valence electrons. The van der Waals surface area contributed by atoms with E-state index in [4.69, 9.17) is 72.6 Å². The van der Waals surface area contributed by atoms with Crippen LogP contribution in [0.25, 0.3) is 33.4 Å². The van der Waals surface area contributed by atoms with Crippen molar-refractivity contribution in [2.45, 2.75) is 214 Å². The number of nitrogens with one attached hydrogen (secondary N) is 7. The molecule has 17 rings (SSSR count). The zero-order chi connectivity index (χ0) is 98.1. The molecule has 0 saturated carbocycles. The van der Waals surface area contributed by atoms with Crippen molar-refractivity contribution in [3.05, 3.63) is 237 Å². The van der Waals surface area contributed by atoms with Gasteiger partial charge in [0.25, 0.3) is 0 Å². The van der Waals surface area contributed by atoms with E-state index in [1.54, 1.807) is 25.8 Å². The van der Waals surface area contributed by atoms with Crippen LogP contribution in [-0.4, -0.2) is 220 Å². The monoisotopic (exact) mass is 1920 g/mol. The average molecular weight is 1920 g/mol. The van der Waals surface area contributed by atoms with Crippen molar-refractivity contribution in [2.24, 2.45) is 17.4 Å². The van der Waals surface area contributed by atoms with Crippen molar-refractivity contribution in [3.63, 3.8) is 0 Å². The predicted molar refractivity (Wildman–Crippen MR) is 495 cm³/mol. The molecule has 3 fully saturated rings. The summed E-state index contributed by atoms with van der Waals surface area (Å²) in [5, 5.41) is 136. The third-order valence-electron chi connectivity index (χ3n) is 25.5. The molecule has 11 bridgehead atoms. The summed E-state index contributed by atoms with van der Waals surface area (Å²) >= 11 is 14.9. The Morgan fingerprint density at radius 3 is 1.74 bits per heavy atom. The minimum absolute atomic E-state index is 0.161. The lowest BCUT2D eigenvalue weighted by atomic mass is 9.84. The molecule has 9 aromatic rings. The van der Waals surface area contributed by atoms with E-state index in [0.29, 0.717) is 0 Å². The Labute approximate surface area is 796 Å². The number of ether oxygens (including phenoxy) is 8. The van der Waals surface area contributed by atoms with Gasteiger partial charge >= 0.3 is 5.97 Å². The number of likely N-dealkylation sites (N-methyl/N-ethyl adjacent to an activating group) is 1. The van der Waals surface area contributed by atoms with E-state index in [1.807, 2.05) is 123 Å². The van der Waals surface area contributed by atoms with Crippen LogP contribution in [0.1, 0.15) is 137 Å². The molecule has 36 nitrogen and oxygen atoms in total. The van der Waals surface area contributed by atoms with Gasteiger partial charge in [0.05, 0.1) is 53.5 Å². The first-order valence-corrected chi connectivity index (χ1v) is 45.3. The second-order valence-electron chi connectivity index (χ2n) is 36.2. The first-order valence-electron chi connectivity index (χ1n) is 44.5. The van der Waals surface area contributed by atoms with Crippen LogP contribution >= 0.6 is 23.2 Å². The number of rotatable bonds is 22. The van der Waals surface area contributed by atoms with Crippen LogP contribution in [-0.2, 0) is 75.1 Å². The maximum atomic E-state index is 16.8. The van der Waals surface area contributed by atoms with Gasteiger partial charge in [0.15, 0.2) is 36.2 Å². The second kappa shape index (κ2) is 41.5. The Bertz CT molecular complexity index is 5990. The van der Waals surface area contributed by atoms with Crippen LogP contribution in [0.2, 0.25) is 10.0 Å². The van der Waals surface area contributed by atoms with E-state index in [1.165, 1.54) is 50.2 Å². The Balaban J connectivity index is 0.903. The summed E-state index contributed by atoms with van der Waals surface area (Å²) in [5.74, 6) is -16.2. The lowest BCUT2D eigenvalue weighted by Crippen LogP contribution is -2.65. The number of carboxylic acid groups (broad SMARTS) is 1. The van der Waals surface area contributed by atoms with Crippen molar-refractivity contribution in [1.29, 1.82) is 0 Å². The molecule has 8 aliphatic heterocycles. The molecule has 8 heterocycles. The highest BCUT2D eigenvalue weighted by Crippen LogP contribution is 2.51. The van der Waals surface area contributed by atoms with Gasteiger partial charge in [-0.2, -0.15) is 0 Å². The summed E-state index contributed by atoms with van der Waals surface area (Å²) in [4.78, 5) is 125. The highest BCUT2D eigenvalue weighted by molar-refractivity contribution is 6.32. The van der Waals surface area contributed by atoms with Gasteiger partial charge in [-0.3, -0.25) is 38.5 Å².